The summed E-state index contributed by atoms with van der Waals surface area (Å²) in [4.78, 5) is 0. The first-order chi connectivity index (χ1) is 31.7. The molecule has 31 heteroatoms. The Balaban J connectivity index is 1.31. The number of hydrogen-bond acceptors (Lipinski definition) is 31. The minimum Gasteiger partial charge on any atom is -0.394 e. The highest BCUT2D eigenvalue weighted by molar-refractivity contribution is 4.99. The summed E-state index contributed by atoms with van der Waals surface area (Å²) in [6.07, 6.45) is -58.6. The van der Waals surface area contributed by atoms with Crippen molar-refractivity contribution in [2.24, 2.45) is 0 Å². The van der Waals surface area contributed by atoms with Gasteiger partial charge in [-0.15, -0.1) is 0 Å². The highest BCUT2D eigenvalue weighted by Gasteiger charge is 2.57. The maximum absolute atomic E-state index is 11.9. The Morgan fingerprint density at radius 3 is 0.955 bits per heavy atom. The van der Waals surface area contributed by atoms with Crippen LogP contribution < -0.4 is 0 Å². The monoisotopic (exact) mass is 990 g/mol. The number of aliphatic hydroxyl groups excluding tert-OH is 20. The van der Waals surface area contributed by atoms with Gasteiger partial charge in [0.05, 0.1) is 39.6 Å². The largest absolute Gasteiger partial charge is 0.394 e. The van der Waals surface area contributed by atoms with Crippen LogP contribution in [-0.2, 0) is 52.1 Å². The minimum absolute atomic E-state index is 0.902. The van der Waals surface area contributed by atoms with E-state index >= 15 is 0 Å². The van der Waals surface area contributed by atoms with Crippen molar-refractivity contribution >= 4 is 0 Å². The molecule has 392 valence electrons. The van der Waals surface area contributed by atoms with Gasteiger partial charge in [0, 0.05) is 0 Å². The first-order valence-corrected chi connectivity index (χ1v) is 21.1. The Kier molecular flexibility index (Phi) is 19.4. The quantitative estimate of drug-likeness (QED) is 0.0683. The number of ether oxygens (including phenoxy) is 11. The summed E-state index contributed by atoms with van der Waals surface area (Å²) in [5, 5.41) is 210. The summed E-state index contributed by atoms with van der Waals surface area (Å²) in [5.41, 5.74) is 0. The van der Waals surface area contributed by atoms with Crippen molar-refractivity contribution in [2.45, 2.75) is 184 Å². The molecule has 0 aromatic heterocycles. The molecule has 6 saturated heterocycles. The van der Waals surface area contributed by atoms with Crippen molar-refractivity contribution in [3.8, 4) is 0 Å². The summed E-state index contributed by atoms with van der Waals surface area (Å²) in [6.45, 7) is -5.80. The first kappa shape index (κ1) is 55.1. The molecule has 6 rings (SSSR count). The Labute approximate surface area is 378 Å². The van der Waals surface area contributed by atoms with E-state index < -0.39 is 224 Å². The van der Waals surface area contributed by atoms with Crippen LogP contribution in [0.4, 0.5) is 0 Å². The molecule has 0 aromatic rings. The third-order valence-corrected chi connectivity index (χ3v) is 12.4. The molecule has 0 aliphatic carbocycles. The zero-order chi connectivity index (χ0) is 49.3. The Bertz CT molecular complexity index is 1500. The number of hydrogen-bond donors (Lipinski definition) is 20. The van der Waals surface area contributed by atoms with Crippen LogP contribution in [0.1, 0.15) is 0 Å². The van der Waals surface area contributed by atoms with Crippen LogP contribution in [0.15, 0.2) is 0 Å². The second-order valence-electron chi connectivity index (χ2n) is 16.8. The summed E-state index contributed by atoms with van der Waals surface area (Å²) < 4.78 is 62.0. The standard InChI is InChI=1S/C36H62O31/c37-1-7-13(42)16(45)22(51)32(59-7)65-28-11(5-41)62-36(30(26(28)55)67-34-24(53)18(47)15(44)9(3-39)61-34)57-6-12-29(66-33-23(52)17(46)14(43)8(2-38)60-33)20(49)25(54)35(63-12)64-27-10(4-40)58-31(56)21(50)19(27)48/h7-56H,1-6H2/t7-,8-,9-,10-,11-,12-,13+,14-,15-,16+,17+,18+,19-,20-,21-,22-,23-,24-,25-,26+,27+,28-,29-,30-,31-,32+,33+,34+,35-,36-/m1/s1. The van der Waals surface area contributed by atoms with Crippen molar-refractivity contribution in [3.05, 3.63) is 0 Å². The minimum atomic E-state index is -2.23. The zero-order valence-corrected chi connectivity index (χ0v) is 35.0. The van der Waals surface area contributed by atoms with Gasteiger partial charge in [0.15, 0.2) is 37.7 Å². The van der Waals surface area contributed by atoms with E-state index in [1.165, 1.54) is 0 Å². The third-order valence-electron chi connectivity index (χ3n) is 12.4. The summed E-state index contributed by atoms with van der Waals surface area (Å²) in [6, 6.07) is 0. The highest BCUT2D eigenvalue weighted by Crippen LogP contribution is 2.36. The molecule has 6 fully saturated rings. The van der Waals surface area contributed by atoms with Gasteiger partial charge in [-0.1, -0.05) is 0 Å². The van der Waals surface area contributed by atoms with Gasteiger partial charge in [0.25, 0.3) is 0 Å². The van der Waals surface area contributed by atoms with Crippen molar-refractivity contribution < 1.29 is 154 Å². The van der Waals surface area contributed by atoms with E-state index in [1.807, 2.05) is 0 Å². The SMILES string of the molecule is OC[C@H]1O[C@@H](O[C@H]2[C@H](O)[C@@H](O[C@@H]3O[C@H](CO)[C@@H](O)[C@H](O)[C@H]3O)[C@H](OC[C@H]3O[C@H](O[C@@H]4[C@H](O)[C@@H](O)[C@H](O)O[C@@H]4CO)[C@H](O)[C@@H](O)[C@@H]3O[C@@H]3O[C@H](CO)[C@@H](O)[C@H](O)[C@H]3O)O[C@@H]2CO)[C@H](O)[C@@H](O)[C@H]1O. The molecule has 0 amide bonds. The molecule has 0 spiro atoms. The summed E-state index contributed by atoms with van der Waals surface area (Å²) >= 11 is 0. The van der Waals surface area contributed by atoms with Crippen LogP contribution in [0.2, 0.25) is 0 Å². The van der Waals surface area contributed by atoms with Crippen molar-refractivity contribution in [1.82, 2.24) is 0 Å². The molecule has 6 aliphatic heterocycles. The summed E-state index contributed by atoms with van der Waals surface area (Å²) in [7, 11) is 0. The molecule has 6 heterocycles. The lowest BCUT2D eigenvalue weighted by Crippen LogP contribution is -2.68. The Morgan fingerprint density at radius 2 is 0.552 bits per heavy atom. The second kappa shape index (κ2) is 23.5. The van der Waals surface area contributed by atoms with E-state index in [0.717, 1.165) is 0 Å². The molecule has 67 heavy (non-hydrogen) atoms. The van der Waals surface area contributed by atoms with Crippen molar-refractivity contribution in [2.75, 3.05) is 39.6 Å². The average molecular weight is 991 g/mol. The van der Waals surface area contributed by atoms with E-state index in [4.69, 9.17) is 52.1 Å². The molecule has 20 N–H and O–H groups in total. The van der Waals surface area contributed by atoms with Gasteiger partial charge in [0.1, 0.15) is 146 Å². The molecule has 0 unspecified atom stereocenters. The zero-order valence-electron chi connectivity index (χ0n) is 35.0. The van der Waals surface area contributed by atoms with Crippen LogP contribution >= 0.6 is 0 Å². The molecule has 30 atom stereocenters. The number of aliphatic hydroxyl groups is 20. The molecule has 6 aliphatic rings. The lowest BCUT2D eigenvalue weighted by Gasteiger charge is -2.49. The van der Waals surface area contributed by atoms with Crippen molar-refractivity contribution in [3.63, 3.8) is 0 Å². The van der Waals surface area contributed by atoms with E-state index in [9.17, 15) is 102 Å². The Morgan fingerprint density at radius 1 is 0.254 bits per heavy atom. The lowest BCUT2D eigenvalue weighted by atomic mass is 9.95. The van der Waals surface area contributed by atoms with E-state index in [-0.39, 0.29) is 0 Å². The maximum Gasteiger partial charge on any atom is 0.187 e. The molecular weight excluding hydrogens is 928 g/mol. The molecular formula is C36H62O31. The van der Waals surface area contributed by atoms with Crippen molar-refractivity contribution in [1.29, 1.82) is 0 Å². The van der Waals surface area contributed by atoms with Crippen LogP contribution in [0.3, 0.4) is 0 Å². The maximum atomic E-state index is 11.9. The van der Waals surface area contributed by atoms with Crippen LogP contribution in [0, 0.1) is 0 Å². The van der Waals surface area contributed by atoms with Gasteiger partial charge in [-0.2, -0.15) is 0 Å². The number of rotatable bonds is 16. The van der Waals surface area contributed by atoms with Crippen LogP contribution in [-0.4, -0.2) is 326 Å². The fourth-order valence-corrected chi connectivity index (χ4v) is 8.39. The predicted molar refractivity (Wildman–Crippen MR) is 199 cm³/mol. The molecule has 0 saturated carbocycles. The molecule has 0 radical (unpaired) electrons. The van der Waals surface area contributed by atoms with Gasteiger partial charge < -0.3 is 154 Å². The van der Waals surface area contributed by atoms with Crippen LogP contribution in [0.25, 0.3) is 0 Å². The van der Waals surface area contributed by atoms with Crippen LogP contribution in [0.5, 0.6) is 0 Å². The van der Waals surface area contributed by atoms with E-state index in [0.29, 0.717) is 0 Å². The smallest absolute Gasteiger partial charge is 0.187 e. The molecule has 31 nitrogen and oxygen atoms in total. The average Bonchev–Trinajstić information content (AvgIpc) is 3.32. The topological polar surface area (TPSA) is 506 Å². The second-order valence-corrected chi connectivity index (χ2v) is 16.8. The lowest BCUT2D eigenvalue weighted by molar-refractivity contribution is -0.397. The fourth-order valence-electron chi connectivity index (χ4n) is 8.39. The fraction of sp³-hybridized carbons (Fsp3) is 1.00. The van der Waals surface area contributed by atoms with Gasteiger partial charge >= 0.3 is 0 Å². The van der Waals surface area contributed by atoms with Gasteiger partial charge in [-0.3, -0.25) is 0 Å². The van der Waals surface area contributed by atoms with E-state index in [1.54, 1.807) is 0 Å². The first-order valence-electron chi connectivity index (χ1n) is 21.1. The molecule has 0 bridgehead atoms. The predicted octanol–water partition coefficient (Wildman–Crippen LogP) is -14.1. The highest BCUT2D eigenvalue weighted by atomic mass is 16.8. The van der Waals surface area contributed by atoms with E-state index in [2.05, 4.69) is 0 Å². The summed E-state index contributed by atoms with van der Waals surface area (Å²) in [5.74, 6) is 0. The normalized spacial score (nSPS) is 53.4. The van der Waals surface area contributed by atoms with Gasteiger partial charge in [-0.25, -0.2) is 0 Å². The Hall–Kier alpha value is -1.24. The molecule has 0 aromatic carbocycles. The van der Waals surface area contributed by atoms with Gasteiger partial charge in [0.2, 0.25) is 0 Å². The third kappa shape index (κ3) is 11.4. The van der Waals surface area contributed by atoms with Gasteiger partial charge in [-0.05, 0) is 0 Å².